The fraction of sp³-hybridized carbons (Fsp3) is 0.364. The molecule has 2 aromatic heterocycles. The van der Waals surface area contributed by atoms with Gasteiger partial charge in [0.25, 0.3) is 0 Å². The lowest BCUT2D eigenvalue weighted by molar-refractivity contribution is 0.0511. The average Bonchev–Trinajstić information content (AvgIpc) is 3.25. The molecule has 6 heteroatoms. The summed E-state index contributed by atoms with van der Waals surface area (Å²) in [4.78, 5) is 11.6. The Morgan fingerprint density at radius 1 is 1.21 bits per heavy atom. The van der Waals surface area contributed by atoms with E-state index in [1.165, 1.54) is 6.42 Å². The van der Waals surface area contributed by atoms with E-state index in [1.807, 2.05) is 30.5 Å². The molecule has 0 saturated carbocycles. The number of aromatic nitrogens is 3. The molecule has 0 radical (unpaired) electrons. The van der Waals surface area contributed by atoms with Crippen LogP contribution in [0.2, 0.25) is 0 Å². The highest BCUT2D eigenvalue weighted by atomic mass is 16.5. The Morgan fingerprint density at radius 2 is 2.14 bits per heavy atom. The predicted molar refractivity (Wildman–Crippen MR) is 105 cm³/mol. The second-order valence-corrected chi connectivity index (χ2v) is 7.15. The highest BCUT2D eigenvalue weighted by Crippen LogP contribution is 2.36. The van der Waals surface area contributed by atoms with Gasteiger partial charge in [-0.25, -0.2) is 0 Å². The molecule has 6 nitrogen and oxygen atoms in total. The van der Waals surface area contributed by atoms with E-state index in [0.717, 1.165) is 37.1 Å². The Balaban J connectivity index is 1.62. The first kappa shape index (κ1) is 18.3. The summed E-state index contributed by atoms with van der Waals surface area (Å²) in [5.74, 6) is 1.18. The minimum Gasteiger partial charge on any atom is -0.337 e. The summed E-state index contributed by atoms with van der Waals surface area (Å²) in [6.45, 7) is 3.00. The molecule has 2 unspecified atom stereocenters. The van der Waals surface area contributed by atoms with Crippen molar-refractivity contribution >= 4 is 0 Å². The maximum atomic E-state index is 9.12. The minimum absolute atomic E-state index is 0.0844. The Bertz CT molecular complexity index is 962. The number of hydrogen-bond acceptors (Lipinski definition) is 6. The van der Waals surface area contributed by atoms with Crippen LogP contribution in [-0.4, -0.2) is 26.1 Å². The molecule has 1 aromatic carbocycles. The van der Waals surface area contributed by atoms with Gasteiger partial charge in [-0.15, -0.1) is 0 Å². The van der Waals surface area contributed by atoms with Gasteiger partial charge in [-0.05, 0) is 49.9 Å². The summed E-state index contributed by atoms with van der Waals surface area (Å²) in [6, 6.07) is 16.0. The third kappa shape index (κ3) is 3.80. The molecule has 0 spiro atoms. The molecule has 4 rings (SSSR count). The zero-order chi connectivity index (χ0) is 19.3. The van der Waals surface area contributed by atoms with E-state index in [9.17, 15) is 0 Å². The van der Waals surface area contributed by atoms with E-state index < -0.39 is 0 Å². The largest absolute Gasteiger partial charge is 0.337 e. The highest BCUT2D eigenvalue weighted by Gasteiger charge is 2.34. The van der Waals surface area contributed by atoms with Crippen LogP contribution >= 0.6 is 0 Å². The van der Waals surface area contributed by atoms with Crippen LogP contribution in [0, 0.1) is 11.3 Å². The smallest absolute Gasteiger partial charge is 0.244 e. The zero-order valence-electron chi connectivity index (χ0n) is 16.0. The second-order valence-electron chi connectivity index (χ2n) is 7.15. The van der Waals surface area contributed by atoms with Crippen molar-refractivity contribution in [1.29, 1.82) is 5.26 Å². The Morgan fingerprint density at radius 3 is 2.93 bits per heavy atom. The average molecular weight is 373 g/mol. The van der Waals surface area contributed by atoms with Gasteiger partial charge in [-0.1, -0.05) is 30.3 Å². The molecule has 3 aromatic rings. The van der Waals surface area contributed by atoms with Gasteiger partial charge in [0.2, 0.25) is 11.7 Å². The van der Waals surface area contributed by atoms with Gasteiger partial charge in [0, 0.05) is 24.3 Å². The summed E-state index contributed by atoms with van der Waals surface area (Å²) < 4.78 is 5.69. The first-order chi connectivity index (χ1) is 13.8. The van der Waals surface area contributed by atoms with Gasteiger partial charge >= 0.3 is 0 Å². The molecule has 0 bridgehead atoms. The second kappa shape index (κ2) is 8.32. The van der Waals surface area contributed by atoms with Crippen LogP contribution in [0.25, 0.3) is 11.4 Å². The summed E-state index contributed by atoms with van der Waals surface area (Å²) in [7, 11) is 0. The van der Waals surface area contributed by atoms with Crippen molar-refractivity contribution in [3.05, 3.63) is 65.8 Å². The third-order valence-corrected chi connectivity index (χ3v) is 5.40. The summed E-state index contributed by atoms with van der Waals surface area (Å²) in [5, 5.41) is 13.3. The van der Waals surface area contributed by atoms with Crippen LogP contribution in [-0.2, 0) is 6.54 Å². The van der Waals surface area contributed by atoms with Crippen molar-refractivity contribution < 1.29 is 4.52 Å². The molecule has 1 aliphatic heterocycles. The molecule has 28 heavy (non-hydrogen) atoms. The van der Waals surface area contributed by atoms with Gasteiger partial charge in [0.1, 0.15) is 0 Å². The lowest BCUT2D eigenvalue weighted by Crippen LogP contribution is -2.41. The summed E-state index contributed by atoms with van der Waals surface area (Å²) in [6.07, 6.45) is 6.22. The molecule has 0 N–H and O–H groups in total. The minimum atomic E-state index is 0.0844. The summed E-state index contributed by atoms with van der Waals surface area (Å²) >= 11 is 0. The lowest BCUT2D eigenvalue weighted by atomic mass is 9.93. The van der Waals surface area contributed by atoms with Crippen LogP contribution in [0.3, 0.4) is 0 Å². The Labute approximate surface area is 164 Å². The van der Waals surface area contributed by atoms with E-state index in [4.69, 9.17) is 14.8 Å². The molecular formula is C22H23N5O. The van der Waals surface area contributed by atoms with Crippen LogP contribution in [0.4, 0.5) is 0 Å². The lowest BCUT2D eigenvalue weighted by Gasteiger charge is -2.40. The molecule has 142 valence electrons. The first-order valence-electron chi connectivity index (χ1n) is 9.78. The predicted octanol–water partition coefficient (Wildman–Crippen LogP) is 4.51. The number of nitrogens with zero attached hydrogens (tertiary/aromatic N) is 5. The number of nitriles is 1. The van der Waals surface area contributed by atoms with Crippen LogP contribution in [0.5, 0.6) is 0 Å². The monoisotopic (exact) mass is 373 g/mol. The van der Waals surface area contributed by atoms with Gasteiger partial charge in [-0.2, -0.15) is 10.2 Å². The van der Waals surface area contributed by atoms with Crippen LogP contribution < -0.4 is 0 Å². The molecule has 3 heterocycles. The van der Waals surface area contributed by atoms with E-state index in [1.54, 1.807) is 12.1 Å². The fourth-order valence-electron chi connectivity index (χ4n) is 3.97. The Hall–Kier alpha value is -3.04. The van der Waals surface area contributed by atoms with Gasteiger partial charge in [-0.3, -0.25) is 9.88 Å². The zero-order valence-corrected chi connectivity index (χ0v) is 16.0. The van der Waals surface area contributed by atoms with Crippen molar-refractivity contribution in [2.75, 3.05) is 0 Å². The summed E-state index contributed by atoms with van der Waals surface area (Å²) in [5.41, 5.74) is 2.44. The van der Waals surface area contributed by atoms with E-state index in [-0.39, 0.29) is 6.04 Å². The molecule has 1 aliphatic rings. The van der Waals surface area contributed by atoms with Crippen LogP contribution in [0.15, 0.2) is 53.2 Å². The van der Waals surface area contributed by atoms with Crippen molar-refractivity contribution in [2.24, 2.45) is 0 Å². The quantitative estimate of drug-likeness (QED) is 0.655. The maximum Gasteiger partial charge on any atom is 0.244 e. The Kier molecular flexibility index (Phi) is 5.45. The molecule has 0 aliphatic carbocycles. The molecule has 0 amide bonds. The number of benzene rings is 1. The molecule has 2 atom stereocenters. The van der Waals surface area contributed by atoms with E-state index in [2.05, 4.69) is 34.1 Å². The van der Waals surface area contributed by atoms with Gasteiger partial charge < -0.3 is 4.52 Å². The maximum absolute atomic E-state index is 9.12. The standard InChI is InChI=1S/C22H23N5O/c1-2-19-10-6-11-20(27(19)15-18-9-3-4-12-24-18)22-25-21(26-28-22)17-8-5-7-16(13-17)14-23/h3-5,7-9,12-13,19-20H,2,6,10-11,15H2,1H3. The van der Waals surface area contributed by atoms with Crippen molar-refractivity contribution in [1.82, 2.24) is 20.0 Å². The highest BCUT2D eigenvalue weighted by molar-refractivity contribution is 5.57. The number of hydrogen-bond donors (Lipinski definition) is 0. The third-order valence-electron chi connectivity index (χ3n) is 5.40. The van der Waals surface area contributed by atoms with Crippen molar-refractivity contribution in [3.8, 4) is 17.5 Å². The molecule has 1 fully saturated rings. The number of likely N-dealkylation sites (tertiary alicyclic amines) is 1. The van der Waals surface area contributed by atoms with E-state index >= 15 is 0 Å². The normalized spacial score (nSPS) is 20.0. The fourth-order valence-corrected chi connectivity index (χ4v) is 3.97. The van der Waals surface area contributed by atoms with Crippen molar-refractivity contribution in [2.45, 2.75) is 51.2 Å². The topological polar surface area (TPSA) is 78.8 Å². The first-order valence-corrected chi connectivity index (χ1v) is 9.78. The number of piperidine rings is 1. The number of rotatable bonds is 5. The molecular weight excluding hydrogens is 350 g/mol. The van der Waals surface area contributed by atoms with Crippen LogP contribution in [0.1, 0.15) is 55.8 Å². The van der Waals surface area contributed by atoms with Gasteiger partial charge in [0.15, 0.2) is 0 Å². The SMILES string of the molecule is CCC1CCCC(c2nc(-c3cccc(C#N)c3)no2)N1Cc1ccccn1. The van der Waals surface area contributed by atoms with Gasteiger partial charge in [0.05, 0.1) is 23.4 Å². The van der Waals surface area contributed by atoms with E-state index in [0.29, 0.717) is 23.3 Å². The number of pyridine rings is 1. The molecule has 1 saturated heterocycles. The van der Waals surface area contributed by atoms with Crippen molar-refractivity contribution in [3.63, 3.8) is 0 Å².